The Hall–Kier alpha value is -3.56. The number of carbonyl (C=O) groups excluding carboxylic acids is 1. The highest BCUT2D eigenvalue weighted by molar-refractivity contribution is 7.99. The van der Waals surface area contributed by atoms with Crippen LogP contribution in [-0.4, -0.2) is 52.1 Å². The molecular formula is C30H32O8S. The lowest BCUT2D eigenvalue weighted by atomic mass is 9.65. The smallest absolute Gasteiger partial charge is 0.310 e. The lowest BCUT2D eigenvalue weighted by molar-refractivity contribution is -0.150. The maximum Gasteiger partial charge on any atom is 0.310 e. The zero-order chi connectivity index (χ0) is 27.7. The minimum Gasteiger partial charge on any atom is -0.493 e. The second-order valence-electron chi connectivity index (χ2n) is 9.55. The predicted octanol–water partition coefficient (Wildman–Crippen LogP) is 5.13. The van der Waals surface area contributed by atoms with Gasteiger partial charge in [-0.3, -0.25) is 4.79 Å². The number of fused-ring (bicyclic) bond motifs is 2. The fourth-order valence-electron chi connectivity index (χ4n) is 5.50. The minimum atomic E-state index is -0.935. The number of carbonyl (C=O) groups is 1. The summed E-state index contributed by atoms with van der Waals surface area (Å²) < 4.78 is 33.5. The molecule has 2 aliphatic rings. The van der Waals surface area contributed by atoms with Crippen molar-refractivity contribution < 1.29 is 38.3 Å². The zero-order valence-electron chi connectivity index (χ0n) is 22.6. The van der Waals surface area contributed by atoms with Crippen molar-refractivity contribution in [3.05, 3.63) is 70.8 Å². The van der Waals surface area contributed by atoms with E-state index in [1.807, 2.05) is 55.5 Å². The Morgan fingerprint density at radius 2 is 1.54 bits per heavy atom. The average Bonchev–Trinajstić information content (AvgIpc) is 3.43. The van der Waals surface area contributed by atoms with Gasteiger partial charge in [-0.25, -0.2) is 0 Å². The van der Waals surface area contributed by atoms with Crippen molar-refractivity contribution in [2.24, 2.45) is 11.8 Å². The molecule has 0 aromatic heterocycles. The van der Waals surface area contributed by atoms with E-state index in [1.54, 1.807) is 33.1 Å². The molecule has 9 heteroatoms. The fraction of sp³-hybridized carbons (Fsp3) is 0.367. The maximum absolute atomic E-state index is 13.6. The van der Waals surface area contributed by atoms with Gasteiger partial charge in [0.1, 0.15) is 0 Å². The molecule has 3 aromatic rings. The van der Waals surface area contributed by atoms with E-state index in [1.165, 1.54) is 7.11 Å². The molecule has 1 heterocycles. The van der Waals surface area contributed by atoms with Crippen molar-refractivity contribution in [1.29, 1.82) is 0 Å². The van der Waals surface area contributed by atoms with E-state index in [-0.39, 0.29) is 6.79 Å². The van der Waals surface area contributed by atoms with Gasteiger partial charge in [0.2, 0.25) is 12.5 Å². The monoisotopic (exact) mass is 552 g/mol. The van der Waals surface area contributed by atoms with Crippen LogP contribution >= 0.6 is 11.8 Å². The SMILES string of the molecule is COC(=O)[C@H]1[C@H](c2cc(OC)c(OC)c(OC)c2)c2cc3c(cc2C(O)[C@@H]1CSc1ccc(C)cc1)OCO3. The largest absolute Gasteiger partial charge is 0.493 e. The van der Waals surface area contributed by atoms with E-state index < -0.39 is 29.8 Å². The topological polar surface area (TPSA) is 92.7 Å². The van der Waals surface area contributed by atoms with Crippen LogP contribution in [-0.2, 0) is 9.53 Å². The Kier molecular flexibility index (Phi) is 7.81. The molecule has 0 bridgehead atoms. The van der Waals surface area contributed by atoms with Gasteiger partial charge in [-0.1, -0.05) is 17.7 Å². The second-order valence-corrected chi connectivity index (χ2v) is 10.6. The molecule has 0 amide bonds. The Bertz CT molecular complexity index is 1330. The predicted molar refractivity (Wildman–Crippen MR) is 146 cm³/mol. The summed E-state index contributed by atoms with van der Waals surface area (Å²) in [4.78, 5) is 14.6. The quantitative estimate of drug-likeness (QED) is 0.302. The van der Waals surface area contributed by atoms with Gasteiger partial charge in [-0.15, -0.1) is 11.8 Å². The summed E-state index contributed by atoms with van der Waals surface area (Å²) >= 11 is 1.60. The van der Waals surface area contributed by atoms with Crippen molar-refractivity contribution in [3.8, 4) is 28.7 Å². The van der Waals surface area contributed by atoms with Crippen LogP contribution in [0.1, 0.15) is 34.3 Å². The van der Waals surface area contributed by atoms with Crippen LogP contribution in [0.3, 0.4) is 0 Å². The highest BCUT2D eigenvalue weighted by atomic mass is 32.2. The average molecular weight is 553 g/mol. The van der Waals surface area contributed by atoms with Gasteiger partial charge in [-0.05, 0) is 60.0 Å². The summed E-state index contributed by atoms with van der Waals surface area (Å²) in [6, 6.07) is 15.6. The molecule has 0 spiro atoms. The standard InChI is InChI=1S/C30H32O8S/c1-16-6-8-18(9-7-16)39-14-21-27(30(32)36-5)26(17-10-24(33-2)29(35-4)25(11-17)34-3)19-12-22-23(38-15-37-22)13-20(19)28(21)31/h6-13,21,26-28,31H,14-15H2,1-5H3/t21-,26-,27-,28?/m1/s1. The van der Waals surface area contributed by atoms with Crippen LogP contribution < -0.4 is 23.7 Å². The van der Waals surface area contributed by atoms with E-state index in [0.29, 0.717) is 40.1 Å². The molecule has 206 valence electrons. The third-order valence-electron chi connectivity index (χ3n) is 7.44. The molecule has 1 aliphatic carbocycles. The molecule has 1 N–H and O–H groups in total. The summed E-state index contributed by atoms with van der Waals surface area (Å²) in [6.45, 7) is 2.13. The summed E-state index contributed by atoms with van der Waals surface area (Å²) in [5.74, 6) is 0.911. The highest BCUT2D eigenvalue weighted by Gasteiger charge is 2.48. The highest BCUT2D eigenvalue weighted by Crippen LogP contribution is 2.54. The van der Waals surface area contributed by atoms with Crippen LogP contribution in [0.5, 0.6) is 28.7 Å². The van der Waals surface area contributed by atoms with Crippen LogP contribution in [0.25, 0.3) is 0 Å². The number of rotatable bonds is 8. The van der Waals surface area contributed by atoms with E-state index in [9.17, 15) is 9.90 Å². The van der Waals surface area contributed by atoms with E-state index in [2.05, 4.69) is 0 Å². The summed E-state index contributed by atoms with van der Waals surface area (Å²) in [7, 11) is 6.02. The molecule has 0 radical (unpaired) electrons. The van der Waals surface area contributed by atoms with E-state index in [4.69, 9.17) is 28.4 Å². The molecular weight excluding hydrogens is 520 g/mol. The van der Waals surface area contributed by atoms with Gasteiger partial charge in [0.15, 0.2) is 23.0 Å². The lowest BCUT2D eigenvalue weighted by Crippen LogP contribution is -2.40. The third kappa shape index (κ3) is 4.96. The first kappa shape index (κ1) is 27.0. The Balaban J connectivity index is 1.68. The molecule has 0 saturated heterocycles. The van der Waals surface area contributed by atoms with Gasteiger partial charge < -0.3 is 33.5 Å². The second kappa shape index (κ2) is 11.3. The number of aliphatic hydroxyl groups is 1. The molecule has 4 atom stereocenters. The van der Waals surface area contributed by atoms with Crippen molar-refractivity contribution in [1.82, 2.24) is 0 Å². The number of aryl methyl sites for hydroxylation is 1. The number of aliphatic hydroxyl groups excluding tert-OH is 1. The normalized spacial score (nSPS) is 21.2. The molecule has 8 nitrogen and oxygen atoms in total. The van der Waals surface area contributed by atoms with Crippen LogP contribution in [0.2, 0.25) is 0 Å². The number of methoxy groups -OCH3 is 4. The maximum atomic E-state index is 13.6. The summed E-state index contributed by atoms with van der Waals surface area (Å²) in [6.07, 6.45) is -0.935. The van der Waals surface area contributed by atoms with Crippen LogP contribution in [0.4, 0.5) is 0 Å². The van der Waals surface area contributed by atoms with Gasteiger partial charge in [0, 0.05) is 22.5 Å². The number of hydrogen-bond donors (Lipinski definition) is 1. The van der Waals surface area contributed by atoms with Crippen molar-refractivity contribution in [2.45, 2.75) is 23.8 Å². The number of ether oxygens (including phenoxy) is 6. The number of hydrogen-bond acceptors (Lipinski definition) is 9. The third-order valence-corrected chi connectivity index (χ3v) is 8.60. The Labute approximate surface area is 232 Å². The zero-order valence-corrected chi connectivity index (χ0v) is 23.4. The van der Waals surface area contributed by atoms with E-state index in [0.717, 1.165) is 21.6 Å². The molecule has 0 fully saturated rings. The molecule has 3 aromatic carbocycles. The van der Waals surface area contributed by atoms with Crippen molar-refractivity contribution in [2.75, 3.05) is 41.0 Å². The first-order valence-electron chi connectivity index (χ1n) is 12.6. The lowest BCUT2D eigenvalue weighted by Gasteiger charge is -2.41. The first-order valence-corrected chi connectivity index (χ1v) is 13.6. The van der Waals surface area contributed by atoms with Gasteiger partial charge in [0.25, 0.3) is 0 Å². The van der Waals surface area contributed by atoms with Crippen LogP contribution in [0.15, 0.2) is 53.4 Å². The fourth-order valence-corrected chi connectivity index (χ4v) is 6.61. The van der Waals surface area contributed by atoms with Crippen LogP contribution in [0, 0.1) is 18.8 Å². The van der Waals surface area contributed by atoms with Crippen molar-refractivity contribution in [3.63, 3.8) is 0 Å². The van der Waals surface area contributed by atoms with Gasteiger partial charge in [-0.2, -0.15) is 0 Å². The molecule has 5 rings (SSSR count). The molecule has 39 heavy (non-hydrogen) atoms. The van der Waals surface area contributed by atoms with Gasteiger partial charge in [0.05, 0.1) is 40.5 Å². The Morgan fingerprint density at radius 1 is 0.923 bits per heavy atom. The number of thioether (sulfide) groups is 1. The van der Waals surface area contributed by atoms with Gasteiger partial charge >= 0.3 is 5.97 Å². The first-order chi connectivity index (χ1) is 18.9. The molecule has 1 unspecified atom stereocenters. The molecule has 0 saturated carbocycles. The Morgan fingerprint density at radius 3 is 2.10 bits per heavy atom. The molecule has 1 aliphatic heterocycles. The minimum absolute atomic E-state index is 0.0936. The summed E-state index contributed by atoms with van der Waals surface area (Å²) in [5, 5.41) is 11.8. The number of benzene rings is 3. The summed E-state index contributed by atoms with van der Waals surface area (Å²) in [5.41, 5.74) is 3.37. The number of esters is 1. The van der Waals surface area contributed by atoms with E-state index >= 15 is 0 Å². The van der Waals surface area contributed by atoms with Crippen molar-refractivity contribution >= 4 is 17.7 Å².